The van der Waals surface area contributed by atoms with Gasteiger partial charge in [0.1, 0.15) is 17.6 Å². The van der Waals surface area contributed by atoms with Crippen molar-refractivity contribution in [1.29, 1.82) is 0 Å². The number of nitrogens with one attached hydrogen (secondary N) is 1. The molecule has 0 radical (unpaired) electrons. The first-order valence-corrected chi connectivity index (χ1v) is 7.75. The second-order valence-corrected chi connectivity index (χ2v) is 6.11. The normalized spacial score (nSPS) is 19.4. The summed E-state index contributed by atoms with van der Waals surface area (Å²) in [6.45, 7) is 1.86. The van der Waals surface area contributed by atoms with E-state index in [0.717, 1.165) is 16.7 Å². The Kier molecular flexibility index (Phi) is 3.26. The highest BCUT2D eigenvalue weighted by Gasteiger charge is 2.43. The van der Waals surface area contributed by atoms with Crippen LogP contribution in [0.1, 0.15) is 12.0 Å². The number of phenolic OH excluding ortho intramolecular Hbond substituents is 1. The van der Waals surface area contributed by atoms with Gasteiger partial charge in [-0.3, -0.25) is 4.79 Å². The van der Waals surface area contributed by atoms with Gasteiger partial charge in [0.25, 0.3) is 0 Å². The van der Waals surface area contributed by atoms with E-state index in [-0.39, 0.29) is 11.7 Å². The van der Waals surface area contributed by atoms with Crippen LogP contribution in [0.5, 0.6) is 5.75 Å². The van der Waals surface area contributed by atoms with Crippen molar-refractivity contribution in [2.24, 2.45) is 5.92 Å². The van der Waals surface area contributed by atoms with Crippen LogP contribution in [-0.2, 0) is 4.79 Å². The van der Waals surface area contributed by atoms with Crippen LogP contribution in [0.15, 0.2) is 42.7 Å². The first kappa shape index (κ1) is 14.7. The topological polar surface area (TPSA) is 66.6 Å². The van der Waals surface area contributed by atoms with Gasteiger partial charge in [0.2, 0.25) is 5.91 Å². The van der Waals surface area contributed by atoms with Gasteiger partial charge < -0.3 is 14.8 Å². The molecule has 1 aliphatic carbocycles. The molecule has 6 heteroatoms. The molecule has 1 aliphatic rings. The quantitative estimate of drug-likeness (QED) is 0.776. The minimum atomic E-state index is -1.03. The number of anilines is 1. The van der Waals surface area contributed by atoms with Gasteiger partial charge in [-0.05, 0) is 48.2 Å². The molecular formula is C18H16FN3O2. The van der Waals surface area contributed by atoms with E-state index >= 15 is 0 Å². The zero-order valence-electron chi connectivity index (χ0n) is 13.0. The highest BCUT2D eigenvalue weighted by atomic mass is 19.1. The van der Waals surface area contributed by atoms with Crippen molar-refractivity contribution in [1.82, 2.24) is 9.38 Å². The van der Waals surface area contributed by atoms with Crippen molar-refractivity contribution >= 4 is 17.4 Å². The van der Waals surface area contributed by atoms with Gasteiger partial charge in [0.05, 0.1) is 12.1 Å². The van der Waals surface area contributed by atoms with E-state index in [9.17, 15) is 14.3 Å². The lowest BCUT2D eigenvalue weighted by Crippen LogP contribution is -2.15. The molecular weight excluding hydrogens is 309 g/mol. The Labute approximate surface area is 137 Å². The summed E-state index contributed by atoms with van der Waals surface area (Å²) in [7, 11) is 0. The number of rotatable bonds is 3. The number of pyridine rings is 1. The average Bonchev–Trinajstić information content (AvgIpc) is 3.15. The Balaban J connectivity index is 1.66. The summed E-state index contributed by atoms with van der Waals surface area (Å²) >= 11 is 0. The molecule has 5 nitrogen and oxygen atoms in total. The summed E-state index contributed by atoms with van der Waals surface area (Å²) in [5.41, 5.74) is 3.33. The predicted molar refractivity (Wildman–Crippen MR) is 88.7 cm³/mol. The molecule has 0 spiro atoms. The number of alkyl halides is 1. The van der Waals surface area contributed by atoms with Crippen molar-refractivity contribution in [3.8, 4) is 16.9 Å². The largest absolute Gasteiger partial charge is 0.508 e. The molecule has 3 aromatic rings. The Hall–Kier alpha value is -2.89. The standard InChI is InChI=1S/C18H16FN3O2/c1-10-12(3-2-4-15(10)23)11-5-6-17-20-16(9-22(17)8-11)21-18(24)13-7-14(13)19/h2-6,8-9,13-14,23H,7H2,1H3,(H,21,24)/t13-,14+/m1/s1. The lowest BCUT2D eigenvalue weighted by atomic mass is 10.0. The van der Waals surface area contributed by atoms with Gasteiger partial charge in [-0.1, -0.05) is 12.1 Å². The number of carbonyl (C=O) groups is 1. The fourth-order valence-electron chi connectivity index (χ4n) is 2.80. The van der Waals surface area contributed by atoms with Crippen LogP contribution in [0, 0.1) is 12.8 Å². The molecule has 0 unspecified atom stereocenters. The van der Waals surface area contributed by atoms with Gasteiger partial charge in [0, 0.05) is 6.20 Å². The number of fused-ring (bicyclic) bond motifs is 1. The molecule has 1 amide bonds. The van der Waals surface area contributed by atoms with E-state index in [0.29, 0.717) is 17.9 Å². The van der Waals surface area contributed by atoms with Crippen LogP contribution in [-0.4, -0.2) is 26.6 Å². The number of amides is 1. The lowest BCUT2D eigenvalue weighted by molar-refractivity contribution is -0.117. The van der Waals surface area contributed by atoms with Crippen molar-refractivity contribution in [2.75, 3.05) is 5.32 Å². The molecule has 122 valence electrons. The number of imidazole rings is 1. The Morgan fingerprint density at radius 1 is 1.33 bits per heavy atom. The molecule has 0 saturated heterocycles. The number of aromatic hydroxyl groups is 1. The fourth-order valence-corrected chi connectivity index (χ4v) is 2.80. The number of hydrogen-bond acceptors (Lipinski definition) is 3. The third-order valence-electron chi connectivity index (χ3n) is 4.37. The van der Waals surface area contributed by atoms with E-state index in [4.69, 9.17) is 0 Å². The summed E-state index contributed by atoms with van der Waals surface area (Å²) in [6, 6.07) is 9.13. The van der Waals surface area contributed by atoms with Crippen molar-refractivity contribution in [2.45, 2.75) is 19.5 Å². The van der Waals surface area contributed by atoms with E-state index in [1.165, 1.54) is 0 Å². The van der Waals surface area contributed by atoms with E-state index in [1.54, 1.807) is 22.7 Å². The first-order chi connectivity index (χ1) is 11.5. The highest BCUT2D eigenvalue weighted by Crippen LogP contribution is 2.34. The van der Waals surface area contributed by atoms with Gasteiger partial charge >= 0.3 is 0 Å². The maximum atomic E-state index is 12.9. The Morgan fingerprint density at radius 3 is 2.88 bits per heavy atom. The van der Waals surface area contributed by atoms with Gasteiger partial charge in [0.15, 0.2) is 5.82 Å². The number of nitrogens with zero attached hydrogens (tertiary/aromatic N) is 2. The third kappa shape index (κ3) is 2.50. The molecule has 24 heavy (non-hydrogen) atoms. The zero-order valence-corrected chi connectivity index (χ0v) is 13.0. The average molecular weight is 325 g/mol. The van der Waals surface area contributed by atoms with Gasteiger partial charge in [-0.25, -0.2) is 9.37 Å². The van der Waals surface area contributed by atoms with Crippen molar-refractivity contribution in [3.05, 3.63) is 48.3 Å². The number of benzene rings is 1. The molecule has 4 rings (SSSR count). The van der Waals surface area contributed by atoms with Crippen LogP contribution in [0.25, 0.3) is 16.8 Å². The minimum absolute atomic E-state index is 0.247. The summed E-state index contributed by atoms with van der Waals surface area (Å²) < 4.78 is 14.7. The van der Waals surface area contributed by atoms with Gasteiger partial charge in [-0.15, -0.1) is 0 Å². The monoisotopic (exact) mass is 325 g/mol. The number of phenols is 1. The second-order valence-electron chi connectivity index (χ2n) is 6.11. The van der Waals surface area contributed by atoms with Gasteiger partial charge in [-0.2, -0.15) is 0 Å². The van der Waals surface area contributed by atoms with Crippen LogP contribution >= 0.6 is 0 Å². The van der Waals surface area contributed by atoms with E-state index in [2.05, 4.69) is 10.3 Å². The number of halogens is 1. The lowest BCUT2D eigenvalue weighted by Gasteiger charge is -2.08. The highest BCUT2D eigenvalue weighted by molar-refractivity contribution is 5.94. The number of carbonyl (C=O) groups excluding carboxylic acids is 1. The van der Waals surface area contributed by atoms with E-state index in [1.807, 2.05) is 31.3 Å². The summed E-state index contributed by atoms with van der Waals surface area (Å²) in [4.78, 5) is 16.1. The van der Waals surface area contributed by atoms with Crippen molar-refractivity contribution in [3.63, 3.8) is 0 Å². The zero-order chi connectivity index (χ0) is 16.8. The third-order valence-corrected chi connectivity index (χ3v) is 4.37. The summed E-state index contributed by atoms with van der Waals surface area (Å²) in [5.74, 6) is -0.212. The molecule has 2 N–H and O–H groups in total. The molecule has 0 bridgehead atoms. The van der Waals surface area contributed by atoms with Crippen LogP contribution < -0.4 is 5.32 Å². The molecule has 0 aliphatic heterocycles. The maximum Gasteiger partial charge on any atom is 0.231 e. The van der Waals surface area contributed by atoms with Crippen LogP contribution in [0.3, 0.4) is 0 Å². The minimum Gasteiger partial charge on any atom is -0.508 e. The molecule has 2 aromatic heterocycles. The summed E-state index contributed by atoms with van der Waals surface area (Å²) in [5, 5.41) is 12.5. The predicted octanol–water partition coefficient (Wildman–Crippen LogP) is 3.31. The molecule has 1 saturated carbocycles. The summed E-state index contributed by atoms with van der Waals surface area (Å²) in [6.07, 6.45) is 2.85. The van der Waals surface area contributed by atoms with Crippen LogP contribution in [0.2, 0.25) is 0 Å². The Morgan fingerprint density at radius 2 is 2.12 bits per heavy atom. The second kappa shape index (κ2) is 5.33. The molecule has 1 fully saturated rings. The Bertz CT molecular complexity index is 951. The molecule has 2 heterocycles. The molecule has 1 aromatic carbocycles. The smallest absolute Gasteiger partial charge is 0.231 e. The van der Waals surface area contributed by atoms with Crippen LogP contribution in [0.4, 0.5) is 10.2 Å². The van der Waals surface area contributed by atoms with E-state index < -0.39 is 12.1 Å². The SMILES string of the molecule is Cc1c(O)cccc1-c1ccc2nc(NC(=O)[C@@H]3C[C@@H]3F)cn2c1. The molecule has 2 atom stereocenters. The number of aromatic nitrogens is 2. The maximum absolute atomic E-state index is 12.9. The number of hydrogen-bond donors (Lipinski definition) is 2. The van der Waals surface area contributed by atoms with Crippen molar-refractivity contribution < 1.29 is 14.3 Å². The fraction of sp³-hybridized carbons (Fsp3) is 0.222. The first-order valence-electron chi connectivity index (χ1n) is 7.75.